The molecule has 0 fully saturated rings. The highest BCUT2D eigenvalue weighted by atomic mass is 32.1. The number of nitrogens with zero attached hydrogens (tertiary/aromatic N) is 1. The van der Waals surface area contributed by atoms with Crippen molar-refractivity contribution in [2.45, 2.75) is 57.9 Å². The molecular weight excluding hydrogens is 246 g/mol. The van der Waals surface area contributed by atoms with E-state index in [2.05, 4.69) is 10.3 Å². The number of hydrogen-bond donors (Lipinski definition) is 2. The minimum absolute atomic E-state index is 0.177. The van der Waals surface area contributed by atoms with Crippen LogP contribution in [-0.4, -0.2) is 16.4 Å². The average Bonchev–Trinajstić information content (AvgIpc) is 2.59. The van der Waals surface area contributed by atoms with Gasteiger partial charge in [0.1, 0.15) is 0 Å². The Morgan fingerprint density at radius 1 is 1.28 bits per heavy atom. The lowest BCUT2D eigenvalue weighted by Crippen LogP contribution is -2.45. The van der Waals surface area contributed by atoms with Crippen molar-refractivity contribution in [3.63, 3.8) is 0 Å². The molecule has 1 aromatic heterocycles. The summed E-state index contributed by atoms with van der Waals surface area (Å²) in [6.07, 6.45) is 7.14. The van der Waals surface area contributed by atoms with E-state index in [4.69, 9.17) is 5.73 Å². The van der Waals surface area contributed by atoms with Crippen LogP contribution in [0, 0.1) is 0 Å². The number of nitrogens with two attached hydrogens (primary N) is 1. The molecule has 0 atom stereocenters. The van der Waals surface area contributed by atoms with E-state index < -0.39 is 5.54 Å². The standard InChI is InChI=1S/C13H21N3OS/c1-13(2,14)11(17)16-12-15-9-7-5-3-4-6-8-10(9)18-12/h3-8,14H2,1-2H3,(H,15,16,17). The summed E-state index contributed by atoms with van der Waals surface area (Å²) in [6, 6.07) is 0. The Morgan fingerprint density at radius 3 is 2.61 bits per heavy atom. The minimum atomic E-state index is -0.861. The van der Waals surface area contributed by atoms with Crippen molar-refractivity contribution >= 4 is 22.4 Å². The molecule has 0 saturated carbocycles. The number of anilines is 1. The Kier molecular flexibility index (Phi) is 4.02. The van der Waals surface area contributed by atoms with Gasteiger partial charge >= 0.3 is 0 Å². The summed E-state index contributed by atoms with van der Waals surface area (Å²) in [5.74, 6) is -0.177. The maximum Gasteiger partial charge on any atom is 0.245 e. The van der Waals surface area contributed by atoms with Crippen LogP contribution in [0.4, 0.5) is 5.13 Å². The first kappa shape index (κ1) is 13.5. The van der Waals surface area contributed by atoms with Crippen molar-refractivity contribution in [1.29, 1.82) is 0 Å². The van der Waals surface area contributed by atoms with Crippen molar-refractivity contribution in [2.24, 2.45) is 5.73 Å². The van der Waals surface area contributed by atoms with Crippen molar-refractivity contribution < 1.29 is 4.79 Å². The molecule has 1 heterocycles. The van der Waals surface area contributed by atoms with E-state index in [0.29, 0.717) is 5.13 Å². The monoisotopic (exact) mass is 267 g/mol. The number of hydrogen-bond acceptors (Lipinski definition) is 4. The van der Waals surface area contributed by atoms with Gasteiger partial charge in [-0.1, -0.05) is 12.8 Å². The third-order valence-electron chi connectivity index (χ3n) is 3.15. The molecule has 2 rings (SSSR count). The van der Waals surface area contributed by atoms with Crippen molar-refractivity contribution in [3.05, 3.63) is 10.6 Å². The van der Waals surface area contributed by atoms with Gasteiger partial charge in [0.05, 0.1) is 11.2 Å². The lowest BCUT2D eigenvalue weighted by atomic mass is 10.0. The Labute approximate surface area is 112 Å². The van der Waals surface area contributed by atoms with Crippen LogP contribution in [0.15, 0.2) is 0 Å². The summed E-state index contributed by atoms with van der Waals surface area (Å²) >= 11 is 1.60. The lowest BCUT2D eigenvalue weighted by Gasteiger charge is -2.16. The van der Waals surface area contributed by atoms with Gasteiger partial charge in [0.15, 0.2) is 5.13 Å². The quantitative estimate of drug-likeness (QED) is 0.865. The summed E-state index contributed by atoms with van der Waals surface area (Å²) in [4.78, 5) is 17.7. The molecule has 0 unspecified atom stereocenters. The number of nitrogens with one attached hydrogen (secondary N) is 1. The van der Waals surface area contributed by atoms with Crippen LogP contribution in [0.25, 0.3) is 0 Å². The Hall–Kier alpha value is -0.940. The van der Waals surface area contributed by atoms with Gasteiger partial charge in [0, 0.05) is 4.88 Å². The highest BCUT2D eigenvalue weighted by molar-refractivity contribution is 7.15. The molecule has 0 aliphatic heterocycles. The number of carbonyl (C=O) groups excluding carboxylic acids is 1. The fourth-order valence-electron chi connectivity index (χ4n) is 2.02. The van der Waals surface area contributed by atoms with Gasteiger partial charge in [-0.15, -0.1) is 11.3 Å². The molecule has 3 N–H and O–H groups in total. The van der Waals surface area contributed by atoms with Crippen LogP contribution >= 0.6 is 11.3 Å². The Balaban J connectivity index is 2.11. The molecule has 100 valence electrons. The van der Waals surface area contributed by atoms with Gasteiger partial charge < -0.3 is 11.1 Å². The number of thiazole rings is 1. The first-order chi connectivity index (χ1) is 8.47. The highest BCUT2D eigenvalue weighted by Crippen LogP contribution is 2.28. The fourth-order valence-corrected chi connectivity index (χ4v) is 3.06. The van der Waals surface area contributed by atoms with Gasteiger partial charge in [-0.25, -0.2) is 4.98 Å². The van der Waals surface area contributed by atoms with E-state index in [1.165, 1.54) is 36.3 Å². The second-order valence-corrected chi connectivity index (χ2v) is 6.56. The van der Waals surface area contributed by atoms with Crippen LogP contribution in [0.3, 0.4) is 0 Å². The molecule has 0 saturated heterocycles. The van der Waals surface area contributed by atoms with E-state index in [-0.39, 0.29) is 5.91 Å². The molecule has 1 amide bonds. The molecule has 0 aromatic carbocycles. The summed E-state index contributed by atoms with van der Waals surface area (Å²) < 4.78 is 0. The molecule has 0 bridgehead atoms. The van der Waals surface area contributed by atoms with Crippen molar-refractivity contribution in [3.8, 4) is 0 Å². The minimum Gasteiger partial charge on any atom is -0.318 e. The molecule has 1 aromatic rings. The van der Waals surface area contributed by atoms with E-state index in [0.717, 1.165) is 12.8 Å². The molecule has 0 spiro atoms. The highest BCUT2D eigenvalue weighted by Gasteiger charge is 2.23. The predicted octanol–water partition coefficient (Wildman–Crippen LogP) is 2.48. The van der Waals surface area contributed by atoms with Crippen LogP contribution < -0.4 is 11.1 Å². The van der Waals surface area contributed by atoms with Crippen LogP contribution in [0.2, 0.25) is 0 Å². The van der Waals surface area contributed by atoms with Crippen LogP contribution in [0.5, 0.6) is 0 Å². The smallest absolute Gasteiger partial charge is 0.245 e. The van der Waals surface area contributed by atoms with E-state index in [9.17, 15) is 4.79 Å². The van der Waals surface area contributed by atoms with Crippen molar-refractivity contribution in [1.82, 2.24) is 4.98 Å². The van der Waals surface area contributed by atoms with E-state index in [1.807, 2.05) is 0 Å². The molecule has 1 aliphatic rings. The number of rotatable bonds is 2. The molecule has 5 heteroatoms. The van der Waals surface area contributed by atoms with Crippen LogP contribution in [-0.2, 0) is 17.6 Å². The van der Waals surface area contributed by atoms with Gasteiger partial charge in [0.25, 0.3) is 0 Å². The lowest BCUT2D eigenvalue weighted by molar-refractivity contribution is -0.120. The van der Waals surface area contributed by atoms with Crippen LogP contribution in [0.1, 0.15) is 50.1 Å². The number of fused-ring (bicyclic) bond motifs is 1. The van der Waals surface area contributed by atoms with E-state index in [1.54, 1.807) is 25.2 Å². The fraction of sp³-hybridized carbons (Fsp3) is 0.692. The largest absolute Gasteiger partial charge is 0.318 e. The number of aromatic nitrogens is 1. The summed E-state index contributed by atoms with van der Waals surface area (Å²) in [7, 11) is 0. The molecule has 4 nitrogen and oxygen atoms in total. The first-order valence-electron chi connectivity index (χ1n) is 6.56. The molecule has 18 heavy (non-hydrogen) atoms. The molecular formula is C13H21N3OS. The second kappa shape index (κ2) is 5.36. The maximum absolute atomic E-state index is 11.8. The SMILES string of the molecule is CC(C)(N)C(=O)Nc1nc2c(s1)CCCCCC2. The van der Waals surface area contributed by atoms with Gasteiger partial charge in [0.2, 0.25) is 5.91 Å². The van der Waals surface area contributed by atoms with Gasteiger partial charge in [-0.2, -0.15) is 0 Å². The van der Waals surface area contributed by atoms with Gasteiger partial charge in [-0.3, -0.25) is 4.79 Å². The number of amides is 1. The topological polar surface area (TPSA) is 68.0 Å². The zero-order valence-electron chi connectivity index (χ0n) is 11.1. The Morgan fingerprint density at radius 2 is 1.94 bits per heavy atom. The third kappa shape index (κ3) is 3.29. The molecule has 1 aliphatic carbocycles. The summed E-state index contributed by atoms with van der Waals surface area (Å²) in [6.45, 7) is 3.40. The Bertz CT molecular complexity index is 408. The maximum atomic E-state index is 11.8. The summed E-state index contributed by atoms with van der Waals surface area (Å²) in [5, 5.41) is 3.52. The number of aryl methyl sites for hydroxylation is 2. The third-order valence-corrected chi connectivity index (χ3v) is 4.22. The second-order valence-electron chi connectivity index (χ2n) is 5.48. The van der Waals surface area contributed by atoms with E-state index >= 15 is 0 Å². The normalized spacial score (nSPS) is 16.6. The molecule has 0 radical (unpaired) electrons. The number of carbonyl (C=O) groups is 1. The zero-order valence-corrected chi connectivity index (χ0v) is 11.9. The first-order valence-corrected chi connectivity index (χ1v) is 7.37. The van der Waals surface area contributed by atoms with Gasteiger partial charge in [-0.05, 0) is 39.5 Å². The average molecular weight is 267 g/mol. The summed E-state index contributed by atoms with van der Waals surface area (Å²) in [5.41, 5.74) is 6.07. The predicted molar refractivity (Wildman–Crippen MR) is 74.9 cm³/mol. The zero-order chi connectivity index (χ0) is 13.2. The van der Waals surface area contributed by atoms with Crippen molar-refractivity contribution in [2.75, 3.05) is 5.32 Å².